The summed E-state index contributed by atoms with van der Waals surface area (Å²) in [6, 6.07) is 7.38. The number of imidazole rings is 1. The van der Waals surface area contributed by atoms with Crippen LogP contribution in [0.1, 0.15) is 15.5 Å². The van der Waals surface area contributed by atoms with Gasteiger partial charge in [-0.15, -0.1) is 0 Å². The Bertz CT molecular complexity index is 715. The van der Waals surface area contributed by atoms with Crippen molar-refractivity contribution in [3.8, 4) is 0 Å². The maximum atomic E-state index is 12.0. The Morgan fingerprint density at radius 2 is 2.11 bits per heavy atom. The van der Waals surface area contributed by atoms with E-state index in [1.807, 2.05) is 31.2 Å². The van der Waals surface area contributed by atoms with Crippen LogP contribution in [-0.2, 0) is 0 Å². The molecule has 5 nitrogen and oxygen atoms in total. The molecule has 0 radical (unpaired) electrons. The highest BCUT2D eigenvalue weighted by Gasteiger charge is 2.13. The maximum Gasteiger partial charge on any atom is 0.275 e. The number of hydrogen-bond donors (Lipinski definition) is 1. The number of carbonyl (C=O) groups is 1. The molecule has 0 fully saturated rings. The third kappa shape index (κ3) is 2.52. The van der Waals surface area contributed by atoms with Gasteiger partial charge in [0.05, 0.1) is 6.20 Å². The number of amides is 1. The monoisotopic (exact) mass is 336 g/mol. The number of nitrogens with one attached hydrogen (secondary N) is 1. The van der Waals surface area contributed by atoms with Crippen molar-refractivity contribution in [3.63, 3.8) is 0 Å². The van der Waals surface area contributed by atoms with E-state index in [1.165, 1.54) is 11.3 Å². The Kier molecular flexibility index (Phi) is 3.08. The number of aromatic nitrogens is 3. The average Bonchev–Trinajstić information content (AvgIpc) is 2.89. The molecule has 0 aliphatic carbocycles. The van der Waals surface area contributed by atoms with Crippen LogP contribution in [0.5, 0.6) is 0 Å². The molecule has 0 spiro atoms. The van der Waals surface area contributed by atoms with Crippen molar-refractivity contribution in [2.75, 3.05) is 5.32 Å². The first-order valence-electron chi connectivity index (χ1n) is 5.51. The highest BCUT2D eigenvalue weighted by molar-refractivity contribution is 9.10. The molecule has 0 saturated heterocycles. The third-order valence-electron chi connectivity index (χ3n) is 2.48. The van der Waals surface area contributed by atoms with Gasteiger partial charge in [0.25, 0.3) is 5.91 Å². The van der Waals surface area contributed by atoms with Crippen LogP contribution in [0.4, 0.5) is 5.69 Å². The largest absolute Gasteiger partial charge is 0.321 e. The Labute approximate surface area is 121 Å². The number of anilines is 1. The minimum absolute atomic E-state index is 0.238. The molecule has 0 aliphatic rings. The topological polar surface area (TPSA) is 59.3 Å². The second kappa shape index (κ2) is 4.75. The van der Waals surface area contributed by atoms with E-state index < -0.39 is 0 Å². The van der Waals surface area contributed by atoms with Crippen molar-refractivity contribution in [1.29, 1.82) is 0 Å². The van der Waals surface area contributed by atoms with Gasteiger partial charge in [-0.25, -0.2) is 9.50 Å². The van der Waals surface area contributed by atoms with Crippen LogP contribution in [0.25, 0.3) is 4.96 Å². The number of rotatable bonds is 2. The predicted molar refractivity (Wildman–Crippen MR) is 77.7 cm³/mol. The van der Waals surface area contributed by atoms with Crippen molar-refractivity contribution in [2.24, 2.45) is 0 Å². The molecule has 2 aromatic heterocycles. The van der Waals surface area contributed by atoms with Gasteiger partial charge in [0.2, 0.25) is 4.96 Å². The maximum absolute atomic E-state index is 12.0. The molecule has 2 heterocycles. The summed E-state index contributed by atoms with van der Waals surface area (Å²) < 4.78 is 2.59. The number of benzene rings is 1. The molecular weight excluding hydrogens is 328 g/mol. The first kappa shape index (κ1) is 12.3. The quantitative estimate of drug-likeness (QED) is 0.782. The van der Waals surface area contributed by atoms with Crippen LogP contribution >= 0.6 is 27.3 Å². The zero-order valence-electron chi connectivity index (χ0n) is 9.92. The molecule has 0 atom stereocenters. The van der Waals surface area contributed by atoms with Gasteiger partial charge >= 0.3 is 0 Å². The summed E-state index contributed by atoms with van der Waals surface area (Å²) in [4.78, 5) is 17.0. The minimum atomic E-state index is -0.238. The Morgan fingerprint density at radius 3 is 2.79 bits per heavy atom. The number of halogens is 1. The lowest BCUT2D eigenvalue weighted by molar-refractivity contribution is 0.102. The average molecular weight is 337 g/mol. The number of aryl methyl sites for hydroxylation is 1. The SMILES string of the molecule is Cc1nn2cc(C(=O)Nc3ccc(Br)cc3)nc2s1. The van der Waals surface area contributed by atoms with Crippen LogP contribution in [0, 0.1) is 6.92 Å². The summed E-state index contributed by atoms with van der Waals surface area (Å²) in [7, 11) is 0. The van der Waals surface area contributed by atoms with Crippen molar-refractivity contribution >= 4 is 43.8 Å². The molecule has 0 saturated carbocycles. The van der Waals surface area contributed by atoms with E-state index in [-0.39, 0.29) is 5.91 Å². The van der Waals surface area contributed by atoms with Gasteiger partial charge in [-0.1, -0.05) is 27.3 Å². The van der Waals surface area contributed by atoms with E-state index in [2.05, 4.69) is 31.3 Å². The third-order valence-corrected chi connectivity index (χ3v) is 3.85. The van der Waals surface area contributed by atoms with E-state index in [0.29, 0.717) is 5.69 Å². The summed E-state index contributed by atoms with van der Waals surface area (Å²) in [6.07, 6.45) is 1.63. The van der Waals surface area contributed by atoms with Gasteiger partial charge in [0.15, 0.2) is 0 Å². The van der Waals surface area contributed by atoms with Gasteiger partial charge in [-0.3, -0.25) is 4.79 Å². The van der Waals surface area contributed by atoms with Crippen LogP contribution in [-0.4, -0.2) is 20.5 Å². The predicted octanol–water partition coefficient (Wildman–Crippen LogP) is 3.11. The molecular formula is C12H9BrN4OS. The molecule has 3 aromatic rings. The van der Waals surface area contributed by atoms with Gasteiger partial charge in [-0.05, 0) is 31.2 Å². The van der Waals surface area contributed by atoms with Crippen LogP contribution in [0.3, 0.4) is 0 Å². The number of fused-ring (bicyclic) bond motifs is 1. The van der Waals surface area contributed by atoms with Crippen molar-refractivity contribution < 1.29 is 4.79 Å². The standard InChI is InChI=1S/C12H9BrN4OS/c1-7-16-17-6-10(15-12(17)19-7)11(18)14-9-4-2-8(13)3-5-9/h2-6H,1H3,(H,14,18). The van der Waals surface area contributed by atoms with Crippen LogP contribution < -0.4 is 5.32 Å². The highest BCUT2D eigenvalue weighted by Crippen LogP contribution is 2.16. The fourth-order valence-corrected chi connectivity index (χ4v) is 2.63. The van der Waals surface area contributed by atoms with Crippen molar-refractivity contribution in [2.45, 2.75) is 6.92 Å². The normalized spacial score (nSPS) is 10.8. The van der Waals surface area contributed by atoms with E-state index >= 15 is 0 Å². The second-order valence-electron chi connectivity index (χ2n) is 3.94. The number of hydrogen-bond acceptors (Lipinski definition) is 4. The molecule has 1 amide bonds. The van der Waals surface area contributed by atoms with E-state index in [4.69, 9.17) is 0 Å². The molecule has 0 bridgehead atoms. The highest BCUT2D eigenvalue weighted by atomic mass is 79.9. The van der Waals surface area contributed by atoms with Crippen LogP contribution in [0.2, 0.25) is 0 Å². The van der Waals surface area contributed by atoms with Gasteiger partial charge < -0.3 is 5.32 Å². The zero-order valence-corrected chi connectivity index (χ0v) is 12.3. The number of nitrogens with zero attached hydrogens (tertiary/aromatic N) is 3. The van der Waals surface area contributed by atoms with Crippen molar-refractivity contribution in [3.05, 3.63) is 45.6 Å². The lowest BCUT2D eigenvalue weighted by Crippen LogP contribution is -2.12. The Balaban J connectivity index is 1.83. The molecule has 0 aliphatic heterocycles. The first-order valence-corrected chi connectivity index (χ1v) is 7.12. The fourth-order valence-electron chi connectivity index (χ4n) is 1.64. The first-order chi connectivity index (χ1) is 9.11. The lowest BCUT2D eigenvalue weighted by atomic mass is 10.3. The molecule has 7 heteroatoms. The Morgan fingerprint density at radius 1 is 1.37 bits per heavy atom. The van der Waals surface area contributed by atoms with Gasteiger partial charge in [0, 0.05) is 10.2 Å². The van der Waals surface area contributed by atoms with E-state index in [1.54, 1.807) is 10.7 Å². The summed E-state index contributed by atoms with van der Waals surface area (Å²) in [5, 5.41) is 7.93. The lowest BCUT2D eigenvalue weighted by Gasteiger charge is -2.02. The van der Waals surface area contributed by atoms with Gasteiger partial charge in [0.1, 0.15) is 10.7 Å². The molecule has 0 unspecified atom stereocenters. The molecule has 19 heavy (non-hydrogen) atoms. The smallest absolute Gasteiger partial charge is 0.275 e. The minimum Gasteiger partial charge on any atom is -0.321 e. The van der Waals surface area contributed by atoms with Crippen molar-refractivity contribution in [1.82, 2.24) is 14.6 Å². The molecule has 1 aromatic carbocycles. The van der Waals surface area contributed by atoms with Crippen LogP contribution in [0.15, 0.2) is 34.9 Å². The molecule has 96 valence electrons. The fraction of sp³-hybridized carbons (Fsp3) is 0.0833. The second-order valence-corrected chi connectivity index (χ2v) is 6.01. The summed E-state index contributed by atoms with van der Waals surface area (Å²) in [5.74, 6) is -0.238. The molecule has 3 rings (SSSR count). The summed E-state index contributed by atoms with van der Waals surface area (Å²) in [5.41, 5.74) is 1.09. The van der Waals surface area contributed by atoms with E-state index in [9.17, 15) is 4.79 Å². The van der Waals surface area contributed by atoms with E-state index in [0.717, 1.165) is 20.1 Å². The number of carbonyl (C=O) groups excluding carboxylic acids is 1. The Hall–Kier alpha value is -1.73. The molecule has 1 N–H and O–H groups in total. The zero-order chi connectivity index (χ0) is 13.4. The summed E-state index contributed by atoms with van der Waals surface area (Å²) >= 11 is 4.80. The van der Waals surface area contributed by atoms with Gasteiger partial charge in [-0.2, -0.15) is 5.10 Å². The summed E-state index contributed by atoms with van der Waals surface area (Å²) in [6.45, 7) is 1.90.